The number of hydrogen-bond acceptors (Lipinski definition) is 3. The first-order valence-electron chi connectivity index (χ1n) is 7.65. The first-order valence-corrected chi connectivity index (χ1v) is 9.09. The first kappa shape index (κ1) is 12.6. The lowest BCUT2D eigenvalue weighted by molar-refractivity contribution is 0.307. The van der Waals surface area contributed by atoms with Crippen molar-refractivity contribution < 1.29 is 8.42 Å². The second kappa shape index (κ2) is 4.41. The smallest absolute Gasteiger partial charge is 0.279 e. The molecule has 5 nitrogen and oxygen atoms in total. The van der Waals surface area contributed by atoms with Gasteiger partial charge in [-0.3, -0.25) is 0 Å². The van der Waals surface area contributed by atoms with E-state index in [1.807, 2.05) is 0 Å². The normalized spacial score (nSPS) is 46.0. The lowest BCUT2D eigenvalue weighted by Gasteiger charge is -2.33. The maximum absolute atomic E-state index is 12.5. The maximum atomic E-state index is 12.5. The highest BCUT2D eigenvalue weighted by molar-refractivity contribution is 7.87. The molecular formula is C13H23N3O2S. The number of nitrogens with one attached hydrogen (secondary N) is 2. The van der Waals surface area contributed by atoms with Crippen LogP contribution in [0.5, 0.6) is 0 Å². The molecule has 0 radical (unpaired) electrons. The van der Waals surface area contributed by atoms with E-state index in [1.165, 1.54) is 19.3 Å². The minimum absolute atomic E-state index is 0.142. The summed E-state index contributed by atoms with van der Waals surface area (Å²) < 4.78 is 29.8. The largest absolute Gasteiger partial charge is 0.311 e. The van der Waals surface area contributed by atoms with Crippen LogP contribution in [0.1, 0.15) is 44.9 Å². The minimum atomic E-state index is -3.25. The molecule has 0 aromatic carbocycles. The van der Waals surface area contributed by atoms with E-state index < -0.39 is 10.2 Å². The lowest BCUT2D eigenvalue weighted by Crippen LogP contribution is -2.53. The summed E-state index contributed by atoms with van der Waals surface area (Å²) >= 11 is 0. The van der Waals surface area contributed by atoms with Gasteiger partial charge in [0.15, 0.2) is 0 Å². The van der Waals surface area contributed by atoms with Crippen molar-refractivity contribution in [1.29, 1.82) is 0 Å². The van der Waals surface area contributed by atoms with Gasteiger partial charge in [-0.25, -0.2) is 0 Å². The van der Waals surface area contributed by atoms with E-state index >= 15 is 0 Å². The van der Waals surface area contributed by atoms with E-state index in [2.05, 4.69) is 10.0 Å². The van der Waals surface area contributed by atoms with Crippen LogP contribution in [0.3, 0.4) is 0 Å². The molecule has 3 heterocycles. The molecule has 108 valence electrons. The van der Waals surface area contributed by atoms with E-state index in [0.29, 0.717) is 18.0 Å². The van der Waals surface area contributed by atoms with Crippen LogP contribution in [-0.2, 0) is 10.2 Å². The van der Waals surface area contributed by atoms with Crippen molar-refractivity contribution in [3.63, 3.8) is 0 Å². The average molecular weight is 285 g/mol. The Morgan fingerprint density at radius 2 is 1.74 bits per heavy atom. The van der Waals surface area contributed by atoms with Gasteiger partial charge in [-0.05, 0) is 50.9 Å². The molecule has 4 unspecified atom stereocenters. The summed E-state index contributed by atoms with van der Waals surface area (Å²) in [7, 11) is -3.25. The van der Waals surface area contributed by atoms with Crippen molar-refractivity contribution in [2.75, 3.05) is 6.54 Å². The summed E-state index contributed by atoms with van der Waals surface area (Å²) in [4.78, 5) is 0. The fraction of sp³-hybridized carbons (Fsp3) is 1.00. The molecule has 4 fully saturated rings. The first-order chi connectivity index (χ1) is 9.10. The van der Waals surface area contributed by atoms with Crippen molar-refractivity contribution in [3.05, 3.63) is 0 Å². The van der Waals surface area contributed by atoms with Gasteiger partial charge in [0.1, 0.15) is 0 Å². The van der Waals surface area contributed by atoms with Crippen LogP contribution in [-0.4, -0.2) is 43.4 Å². The Morgan fingerprint density at radius 1 is 1.00 bits per heavy atom. The molecule has 4 atom stereocenters. The number of rotatable bonds is 3. The summed E-state index contributed by atoms with van der Waals surface area (Å²) in [6.07, 6.45) is 7.68. The van der Waals surface area contributed by atoms with Crippen LogP contribution in [0, 0.1) is 5.92 Å². The van der Waals surface area contributed by atoms with Gasteiger partial charge < -0.3 is 5.32 Å². The quantitative estimate of drug-likeness (QED) is 0.798. The molecule has 1 aliphatic carbocycles. The van der Waals surface area contributed by atoms with E-state index in [0.717, 1.165) is 32.2 Å². The summed E-state index contributed by atoms with van der Waals surface area (Å²) in [5, 5.41) is 3.55. The molecule has 0 aromatic heterocycles. The molecule has 0 aromatic rings. The number of piperidine rings is 2. The average Bonchev–Trinajstić information content (AvgIpc) is 3.04. The third kappa shape index (κ3) is 2.22. The zero-order valence-corrected chi connectivity index (χ0v) is 12.0. The minimum Gasteiger partial charge on any atom is -0.311 e. The predicted octanol–water partition coefficient (Wildman–Crippen LogP) is 0.588. The van der Waals surface area contributed by atoms with Crippen molar-refractivity contribution in [1.82, 2.24) is 14.3 Å². The highest BCUT2D eigenvalue weighted by atomic mass is 32.2. The topological polar surface area (TPSA) is 61.4 Å². The van der Waals surface area contributed by atoms with Gasteiger partial charge in [0.25, 0.3) is 10.2 Å². The Balaban J connectivity index is 1.44. The molecule has 0 amide bonds. The summed E-state index contributed by atoms with van der Waals surface area (Å²) in [5.74, 6) is 0.616. The van der Waals surface area contributed by atoms with E-state index in [9.17, 15) is 8.42 Å². The molecule has 4 bridgehead atoms. The summed E-state index contributed by atoms with van der Waals surface area (Å²) in [5.41, 5.74) is 0. The molecule has 4 rings (SSSR count). The Labute approximate surface area is 115 Å². The van der Waals surface area contributed by atoms with E-state index in [1.54, 1.807) is 4.31 Å². The Morgan fingerprint density at radius 3 is 2.32 bits per heavy atom. The highest BCUT2D eigenvalue weighted by Crippen LogP contribution is 2.39. The van der Waals surface area contributed by atoms with Crippen molar-refractivity contribution >= 4 is 10.2 Å². The monoisotopic (exact) mass is 285 g/mol. The lowest BCUT2D eigenvalue weighted by atomic mass is 10.0. The van der Waals surface area contributed by atoms with Gasteiger partial charge in [0.2, 0.25) is 0 Å². The number of nitrogens with zero attached hydrogens (tertiary/aromatic N) is 1. The van der Waals surface area contributed by atoms with Gasteiger partial charge in [0.05, 0.1) is 0 Å². The second-order valence-electron chi connectivity index (χ2n) is 6.83. The van der Waals surface area contributed by atoms with Crippen molar-refractivity contribution in [2.45, 2.75) is 69.1 Å². The van der Waals surface area contributed by atoms with Gasteiger partial charge >= 0.3 is 0 Å². The van der Waals surface area contributed by atoms with Crippen LogP contribution in [0.2, 0.25) is 0 Å². The van der Waals surface area contributed by atoms with E-state index in [4.69, 9.17) is 0 Å². The molecule has 3 aliphatic heterocycles. The standard InChI is InChI=1S/C13H23N3O2S/c17-19(18,16-8-9-1-4-13(16)5-9)15-12-6-10-2-3-11(7-12)14-10/h9-15H,1-8H2. The molecule has 6 heteroatoms. The van der Waals surface area contributed by atoms with Crippen LogP contribution in [0.15, 0.2) is 0 Å². The van der Waals surface area contributed by atoms with E-state index in [-0.39, 0.29) is 12.1 Å². The SMILES string of the molecule is O=S(=O)(NC1CC2CCC(C1)N2)N1CC2CCC1C2. The highest BCUT2D eigenvalue weighted by Gasteiger charge is 2.45. The molecule has 0 spiro atoms. The molecular weight excluding hydrogens is 262 g/mol. The van der Waals surface area contributed by atoms with Crippen LogP contribution >= 0.6 is 0 Å². The summed E-state index contributed by atoms with van der Waals surface area (Å²) in [6.45, 7) is 0.748. The zero-order chi connectivity index (χ0) is 13.0. The van der Waals surface area contributed by atoms with Gasteiger partial charge in [-0.15, -0.1) is 0 Å². The summed E-state index contributed by atoms with van der Waals surface area (Å²) in [6, 6.07) is 1.48. The Hall–Kier alpha value is -0.170. The third-order valence-corrected chi connectivity index (χ3v) is 7.15. The van der Waals surface area contributed by atoms with Crippen molar-refractivity contribution in [2.24, 2.45) is 5.92 Å². The molecule has 1 saturated carbocycles. The van der Waals surface area contributed by atoms with Crippen molar-refractivity contribution in [3.8, 4) is 0 Å². The zero-order valence-electron chi connectivity index (χ0n) is 11.2. The third-order valence-electron chi connectivity index (χ3n) is 5.46. The fourth-order valence-corrected chi connectivity index (χ4v) is 6.35. The second-order valence-corrected chi connectivity index (χ2v) is 8.49. The fourth-order valence-electron chi connectivity index (χ4n) is 4.61. The predicted molar refractivity (Wildman–Crippen MR) is 72.9 cm³/mol. The van der Waals surface area contributed by atoms with Gasteiger partial charge in [-0.1, -0.05) is 0 Å². The molecule has 4 aliphatic rings. The molecule has 2 N–H and O–H groups in total. The molecule has 19 heavy (non-hydrogen) atoms. The van der Waals surface area contributed by atoms with Gasteiger partial charge in [-0.2, -0.15) is 17.4 Å². The van der Waals surface area contributed by atoms with Gasteiger partial charge in [0, 0.05) is 30.7 Å². The van der Waals surface area contributed by atoms with Crippen LogP contribution in [0.4, 0.5) is 0 Å². The Bertz CT molecular complexity index is 455. The Kier molecular flexibility index (Phi) is 2.92. The molecule has 3 saturated heterocycles. The van der Waals surface area contributed by atoms with Crippen LogP contribution in [0.25, 0.3) is 0 Å². The maximum Gasteiger partial charge on any atom is 0.279 e. The number of hydrogen-bond donors (Lipinski definition) is 2. The number of fused-ring (bicyclic) bond motifs is 4. The van der Waals surface area contributed by atoms with Crippen LogP contribution < -0.4 is 10.0 Å².